The predicted octanol–water partition coefficient (Wildman–Crippen LogP) is 2.65. The Bertz CT molecular complexity index is 789. The lowest BCUT2D eigenvalue weighted by Crippen LogP contribution is -1.90. The lowest BCUT2D eigenvalue weighted by molar-refractivity contribution is 0.386. The molecule has 3 aromatic rings. The minimum absolute atomic E-state index is 0.0654. The third kappa shape index (κ3) is 2.40. The van der Waals surface area contributed by atoms with Crippen LogP contribution in [0.1, 0.15) is 0 Å². The molecule has 106 valence electrons. The summed E-state index contributed by atoms with van der Waals surface area (Å²) < 4.78 is 23.4. The molecule has 0 saturated carbocycles. The number of hydrogen-bond acceptors (Lipinski definition) is 6. The van der Waals surface area contributed by atoms with Gasteiger partial charge in [0.05, 0.1) is 7.11 Å². The van der Waals surface area contributed by atoms with Crippen LogP contribution in [0, 0.1) is 5.82 Å². The van der Waals surface area contributed by atoms with Crippen molar-refractivity contribution in [2.75, 3.05) is 7.11 Å². The second-order valence-electron chi connectivity index (χ2n) is 4.14. The summed E-state index contributed by atoms with van der Waals surface area (Å²) >= 11 is 0. The third-order valence-electron chi connectivity index (χ3n) is 2.82. The summed E-state index contributed by atoms with van der Waals surface area (Å²) in [5, 5.41) is 13.5. The molecule has 2 heterocycles. The molecule has 0 saturated heterocycles. The van der Waals surface area contributed by atoms with Crippen LogP contribution in [-0.4, -0.2) is 27.3 Å². The van der Waals surface area contributed by atoms with Crippen LogP contribution in [-0.2, 0) is 0 Å². The van der Waals surface area contributed by atoms with E-state index >= 15 is 0 Å². The van der Waals surface area contributed by atoms with Gasteiger partial charge in [-0.05, 0) is 30.3 Å². The van der Waals surface area contributed by atoms with E-state index in [1.807, 2.05) is 0 Å². The summed E-state index contributed by atoms with van der Waals surface area (Å²) in [4.78, 5) is 8.11. The van der Waals surface area contributed by atoms with Crippen LogP contribution in [0.15, 0.2) is 41.1 Å². The zero-order chi connectivity index (χ0) is 14.8. The Hall–Kier alpha value is -2.96. The highest BCUT2D eigenvalue weighted by atomic mass is 19.1. The maximum Gasteiger partial charge on any atom is 0.280 e. The Morgan fingerprint density at radius 3 is 2.90 bits per heavy atom. The molecule has 21 heavy (non-hydrogen) atoms. The van der Waals surface area contributed by atoms with Crippen molar-refractivity contribution in [2.45, 2.75) is 0 Å². The van der Waals surface area contributed by atoms with E-state index in [9.17, 15) is 9.50 Å². The number of aromatic nitrogens is 3. The summed E-state index contributed by atoms with van der Waals surface area (Å²) in [5.74, 6) is -0.143. The van der Waals surface area contributed by atoms with Gasteiger partial charge in [-0.2, -0.15) is 4.98 Å². The van der Waals surface area contributed by atoms with E-state index in [0.717, 1.165) is 0 Å². The molecule has 0 amide bonds. The standard InChI is InChI=1S/C14H10FN3O3/c1-20-11-7-8(4-5-9(11)15)13-17-14(21-18-13)12-10(19)3-2-6-16-12/h2-7,19H,1H3. The second-order valence-corrected chi connectivity index (χ2v) is 4.14. The largest absolute Gasteiger partial charge is 0.505 e. The summed E-state index contributed by atoms with van der Waals surface area (Å²) in [6.07, 6.45) is 1.50. The molecule has 0 aliphatic heterocycles. The topological polar surface area (TPSA) is 81.3 Å². The Labute approximate surface area is 118 Å². The molecular formula is C14H10FN3O3. The molecule has 0 fully saturated rings. The van der Waals surface area contributed by atoms with Crippen LogP contribution >= 0.6 is 0 Å². The lowest BCUT2D eigenvalue weighted by Gasteiger charge is -2.02. The molecular weight excluding hydrogens is 277 g/mol. The minimum Gasteiger partial charge on any atom is -0.505 e. The summed E-state index contributed by atoms with van der Waals surface area (Å²) in [6.45, 7) is 0. The highest BCUT2D eigenvalue weighted by molar-refractivity contribution is 5.62. The molecule has 0 aliphatic carbocycles. The van der Waals surface area contributed by atoms with Crippen LogP contribution in [0.2, 0.25) is 0 Å². The molecule has 0 unspecified atom stereocenters. The van der Waals surface area contributed by atoms with Crippen molar-refractivity contribution in [1.82, 2.24) is 15.1 Å². The van der Waals surface area contributed by atoms with Gasteiger partial charge in [0.2, 0.25) is 5.82 Å². The fraction of sp³-hybridized carbons (Fsp3) is 0.0714. The van der Waals surface area contributed by atoms with Crippen molar-refractivity contribution < 1.29 is 18.8 Å². The lowest BCUT2D eigenvalue weighted by atomic mass is 10.2. The first kappa shape index (κ1) is 13.0. The number of benzene rings is 1. The smallest absolute Gasteiger partial charge is 0.280 e. The number of aromatic hydroxyl groups is 1. The number of pyridine rings is 1. The van der Waals surface area contributed by atoms with Crippen molar-refractivity contribution in [2.24, 2.45) is 0 Å². The van der Waals surface area contributed by atoms with E-state index in [1.54, 1.807) is 6.07 Å². The highest BCUT2D eigenvalue weighted by Gasteiger charge is 2.16. The third-order valence-corrected chi connectivity index (χ3v) is 2.82. The van der Waals surface area contributed by atoms with E-state index < -0.39 is 5.82 Å². The SMILES string of the molecule is COc1cc(-c2noc(-c3ncccc3O)n2)ccc1F. The molecule has 0 spiro atoms. The molecule has 1 aromatic carbocycles. The number of methoxy groups -OCH3 is 1. The van der Waals surface area contributed by atoms with Crippen LogP contribution in [0.5, 0.6) is 11.5 Å². The van der Waals surface area contributed by atoms with Gasteiger partial charge in [0, 0.05) is 11.8 Å². The first-order chi connectivity index (χ1) is 10.2. The van der Waals surface area contributed by atoms with Crippen molar-refractivity contribution in [3.8, 4) is 34.5 Å². The molecule has 0 radical (unpaired) electrons. The van der Waals surface area contributed by atoms with Gasteiger partial charge in [0.1, 0.15) is 5.75 Å². The fourth-order valence-electron chi connectivity index (χ4n) is 1.80. The Kier molecular flexibility index (Phi) is 3.23. The van der Waals surface area contributed by atoms with Crippen molar-refractivity contribution in [3.05, 3.63) is 42.3 Å². The number of ether oxygens (including phenoxy) is 1. The average Bonchev–Trinajstić information content (AvgIpc) is 2.98. The van der Waals surface area contributed by atoms with Crippen molar-refractivity contribution in [1.29, 1.82) is 0 Å². The van der Waals surface area contributed by atoms with Crippen LogP contribution in [0.3, 0.4) is 0 Å². The maximum atomic E-state index is 13.4. The molecule has 3 rings (SSSR count). The van der Waals surface area contributed by atoms with Gasteiger partial charge >= 0.3 is 0 Å². The molecule has 1 N–H and O–H groups in total. The molecule has 7 heteroatoms. The van der Waals surface area contributed by atoms with E-state index in [2.05, 4.69) is 15.1 Å². The minimum atomic E-state index is -0.479. The Morgan fingerprint density at radius 1 is 1.29 bits per heavy atom. The number of rotatable bonds is 3. The van der Waals surface area contributed by atoms with E-state index in [0.29, 0.717) is 5.56 Å². The molecule has 0 aliphatic rings. The van der Waals surface area contributed by atoms with Crippen LogP contribution in [0.4, 0.5) is 4.39 Å². The summed E-state index contributed by atoms with van der Waals surface area (Å²) in [5.41, 5.74) is 0.712. The van der Waals surface area contributed by atoms with E-state index in [4.69, 9.17) is 9.26 Å². The highest BCUT2D eigenvalue weighted by Crippen LogP contribution is 2.28. The van der Waals surface area contributed by atoms with Crippen LogP contribution < -0.4 is 4.74 Å². The van der Waals surface area contributed by atoms with E-state index in [1.165, 1.54) is 37.6 Å². The Balaban J connectivity index is 2.01. The van der Waals surface area contributed by atoms with Gasteiger partial charge in [-0.25, -0.2) is 9.37 Å². The Morgan fingerprint density at radius 2 is 2.14 bits per heavy atom. The quantitative estimate of drug-likeness (QED) is 0.797. The first-order valence-electron chi connectivity index (χ1n) is 6.01. The molecule has 6 nitrogen and oxygen atoms in total. The fourth-order valence-corrected chi connectivity index (χ4v) is 1.80. The van der Waals surface area contributed by atoms with Crippen LogP contribution in [0.25, 0.3) is 23.0 Å². The summed E-state index contributed by atoms with van der Waals surface area (Å²) in [6, 6.07) is 7.27. The predicted molar refractivity (Wildman–Crippen MR) is 71.1 cm³/mol. The second kappa shape index (κ2) is 5.20. The number of hydrogen-bond donors (Lipinski definition) is 1. The number of nitrogens with zero attached hydrogens (tertiary/aromatic N) is 3. The normalized spacial score (nSPS) is 10.6. The number of halogens is 1. The first-order valence-corrected chi connectivity index (χ1v) is 6.01. The zero-order valence-electron chi connectivity index (χ0n) is 10.9. The van der Waals surface area contributed by atoms with Gasteiger partial charge in [0.15, 0.2) is 17.3 Å². The summed E-state index contributed by atoms with van der Waals surface area (Å²) in [7, 11) is 1.37. The van der Waals surface area contributed by atoms with Gasteiger partial charge in [-0.1, -0.05) is 5.16 Å². The zero-order valence-corrected chi connectivity index (χ0v) is 10.9. The van der Waals surface area contributed by atoms with Gasteiger partial charge in [0.25, 0.3) is 5.89 Å². The van der Waals surface area contributed by atoms with Crippen molar-refractivity contribution in [3.63, 3.8) is 0 Å². The van der Waals surface area contributed by atoms with Gasteiger partial charge in [-0.15, -0.1) is 0 Å². The molecule has 0 atom stereocenters. The van der Waals surface area contributed by atoms with Crippen molar-refractivity contribution >= 4 is 0 Å². The maximum absolute atomic E-state index is 13.4. The molecule has 0 bridgehead atoms. The average molecular weight is 287 g/mol. The monoisotopic (exact) mass is 287 g/mol. The van der Waals surface area contributed by atoms with Gasteiger partial charge < -0.3 is 14.4 Å². The molecule has 2 aromatic heterocycles. The van der Waals surface area contributed by atoms with E-state index in [-0.39, 0.29) is 28.9 Å². The van der Waals surface area contributed by atoms with Gasteiger partial charge in [-0.3, -0.25) is 0 Å².